The number of aromatic hydroxyl groups is 1. The van der Waals surface area contributed by atoms with Gasteiger partial charge < -0.3 is 5.11 Å². The summed E-state index contributed by atoms with van der Waals surface area (Å²) in [6.07, 6.45) is 0.693. The number of phenolic OH excluding ortho intramolecular Hbond substituents is 1. The second-order valence-corrected chi connectivity index (χ2v) is 4.46. The molecule has 5 heteroatoms. The molecule has 0 aliphatic carbocycles. The van der Waals surface area contributed by atoms with E-state index in [1.54, 1.807) is 12.1 Å². The summed E-state index contributed by atoms with van der Waals surface area (Å²) in [6.45, 7) is 0. The largest absolute Gasteiger partial charge is 0.506 e. The number of carbonyl (C=O) groups is 1. The van der Waals surface area contributed by atoms with Crippen molar-refractivity contribution in [1.82, 2.24) is 0 Å². The number of azo groups is 1. The van der Waals surface area contributed by atoms with Crippen LogP contribution in [0.1, 0.15) is 10.4 Å². The second kappa shape index (κ2) is 5.55. The number of hydrogen-bond donors (Lipinski definition) is 1. The Hall–Kier alpha value is -2.01. The maximum Gasteiger partial charge on any atom is 0.150 e. The lowest BCUT2D eigenvalue weighted by Crippen LogP contribution is -1.77. The van der Waals surface area contributed by atoms with Crippen molar-refractivity contribution in [1.29, 1.82) is 0 Å². The summed E-state index contributed by atoms with van der Waals surface area (Å²) >= 11 is 3.32. The molecule has 2 rings (SSSR count). The van der Waals surface area contributed by atoms with Gasteiger partial charge in [0, 0.05) is 10.0 Å². The highest BCUT2D eigenvalue weighted by molar-refractivity contribution is 9.10. The molecule has 90 valence electrons. The van der Waals surface area contributed by atoms with Crippen molar-refractivity contribution < 1.29 is 9.90 Å². The van der Waals surface area contributed by atoms with Gasteiger partial charge in [-0.15, -0.1) is 5.11 Å². The van der Waals surface area contributed by atoms with E-state index < -0.39 is 0 Å². The molecular weight excluding hydrogens is 296 g/mol. The number of phenols is 1. The van der Waals surface area contributed by atoms with E-state index in [0.717, 1.165) is 4.47 Å². The molecule has 0 saturated heterocycles. The maximum atomic E-state index is 10.6. The third kappa shape index (κ3) is 3.01. The fourth-order valence-electron chi connectivity index (χ4n) is 1.31. The summed E-state index contributed by atoms with van der Waals surface area (Å²) in [5, 5.41) is 17.5. The van der Waals surface area contributed by atoms with Gasteiger partial charge in [0.2, 0.25) is 0 Å². The van der Waals surface area contributed by atoms with E-state index >= 15 is 0 Å². The van der Waals surface area contributed by atoms with Crippen LogP contribution in [0, 0.1) is 0 Å². The van der Waals surface area contributed by atoms with Gasteiger partial charge in [-0.3, -0.25) is 4.79 Å². The number of nitrogens with zero attached hydrogens (tertiary/aromatic N) is 2. The normalized spacial score (nSPS) is 10.7. The molecule has 0 unspecified atom stereocenters. The molecule has 0 saturated carbocycles. The van der Waals surface area contributed by atoms with Crippen molar-refractivity contribution in [2.75, 3.05) is 0 Å². The van der Waals surface area contributed by atoms with E-state index in [-0.39, 0.29) is 11.4 Å². The Morgan fingerprint density at radius 3 is 2.44 bits per heavy atom. The highest BCUT2D eigenvalue weighted by Crippen LogP contribution is 2.28. The number of benzene rings is 2. The number of aldehydes is 1. The molecule has 4 nitrogen and oxygen atoms in total. The van der Waals surface area contributed by atoms with Crippen LogP contribution in [0.3, 0.4) is 0 Å². The van der Waals surface area contributed by atoms with Crippen LogP contribution >= 0.6 is 15.9 Å². The predicted octanol–water partition coefficient (Wildman–Crippen LogP) is 4.38. The van der Waals surface area contributed by atoms with Crippen molar-refractivity contribution in [3.63, 3.8) is 0 Å². The minimum Gasteiger partial charge on any atom is -0.506 e. The Balaban J connectivity index is 2.27. The van der Waals surface area contributed by atoms with Crippen molar-refractivity contribution in [3.05, 3.63) is 52.5 Å². The van der Waals surface area contributed by atoms with Crippen LogP contribution in [0.5, 0.6) is 5.75 Å². The van der Waals surface area contributed by atoms with E-state index in [0.29, 0.717) is 17.5 Å². The van der Waals surface area contributed by atoms with Gasteiger partial charge in [-0.2, -0.15) is 5.11 Å². The highest BCUT2D eigenvalue weighted by atomic mass is 79.9. The molecule has 2 aromatic rings. The van der Waals surface area contributed by atoms with Gasteiger partial charge >= 0.3 is 0 Å². The molecular formula is C13H9BrN2O2. The highest BCUT2D eigenvalue weighted by Gasteiger charge is 2.01. The number of hydrogen-bond acceptors (Lipinski definition) is 4. The SMILES string of the molecule is O=Cc1ccc(O)c(N=Nc2ccc(Br)cc2)c1. The van der Waals surface area contributed by atoms with Crippen LogP contribution in [0.25, 0.3) is 0 Å². The van der Waals surface area contributed by atoms with Crippen molar-refractivity contribution in [2.45, 2.75) is 0 Å². The van der Waals surface area contributed by atoms with Gasteiger partial charge in [0.25, 0.3) is 0 Å². The van der Waals surface area contributed by atoms with Gasteiger partial charge in [-0.1, -0.05) is 15.9 Å². The number of carbonyl (C=O) groups excluding carboxylic acids is 1. The molecule has 0 radical (unpaired) electrons. The minimum atomic E-state index is -0.0125. The average molecular weight is 305 g/mol. The molecule has 0 aliphatic rings. The summed E-state index contributed by atoms with van der Waals surface area (Å²) in [6, 6.07) is 11.7. The molecule has 0 fully saturated rings. The molecule has 0 atom stereocenters. The first-order valence-corrected chi connectivity index (χ1v) is 5.94. The average Bonchev–Trinajstić information content (AvgIpc) is 2.40. The summed E-state index contributed by atoms with van der Waals surface area (Å²) in [5.74, 6) is -0.0125. The number of rotatable bonds is 3. The number of halogens is 1. The molecule has 0 bridgehead atoms. The topological polar surface area (TPSA) is 62.0 Å². The van der Waals surface area contributed by atoms with Crippen LogP contribution in [-0.2, 0) is 0 Å². The van der Waals surface area contributed by atoms with Crippen LogP contribution in [0.15, 0.2) is 57.2 Å². The lowest BCUT2D eigenvalue weighted by Gasteiger charge is -1.98. The fraction of sp³-hybridized carbons (Fsp3) is 0. The monoisotopic (exact) mass is 304 g/mol. The zero-order chi connectivity index (χ0) is 13.0. The standard InChI is InChI=1S/C13H9BrN2O2/c14-10-2-4-11(5-3-10)15-16-12-7-9(8-17)1-6-13(12)18/h1-8,18H. The van der Waals surface area contributed by atoms with Crippen molar-refractivity contribution in [3.8, 4) is 5.75 Å². The van der Waals surface area contributed by atoms with Crippen molar-refractivity contribution in [2.24, 2.45) is 10.2 Å². The molecule has 18 heavy (non-hydrogen) atoms. The molecule has 0 amide bonds. The molecule has 1 N–H and O–H groups in total. The maximum absolute atomic E-state index is 10.6. The zero-order valence-electron chi connectivity index (χ0n) is 9.25. The van der Waals surface area contributed by atoms with Crippen LogP contribution in [0.4, 0.5) is 11.4 Å². The Kier molecular flexibility index (Phi) is 3.84. The zero-order valence-corrected chi connectivity index (χ0v) is 10.8. The van der Waals surface area contributed by atoms with E-state index in [2.05, 4.69) is 26.2 Å². The van der Waals surface area contributed by atoms with Crippen LogP contribution < -0.4 is 0 Å². The molecule has 0 aliphatic heterocycles. The van der Waals surface area contributed by atoms with E-state index in [4.69, 9.17) is 0 Å². The van der Waals surface area contributed by atoms with Gasteiger partial charge in [-0.05, 0) is 42.5 Å². The molecule has 0 aromatic heterocycles. The molecule has 0 spiro atoms. The first-order valence-electron chi connectivity index (χ1n) is 5.14. The van der Waals surface area contributed by atoms with Crippen LogP contribution in [0.2, 0.25) is 0 Å². The summed E-state index contributed by atoms with van der Waals surface area (Å²) in [4.78, 5) is 10.6. The molecule has 0 heterocycles. The Morgan fingerprint density at radius 2 is 1.78 bits per heavy atom. The quantitative estimate of drug-likeness (QED) is 0.675. The van der Waals surface area contributed by atoms with Gasteiger partial charge in [0.15, 0.2) is 0 Å². The van der Waals surface area contributed by atoms with Gasteiger partial charge in [-0.25, -0.2) is 0 Å². The third-order valence-corrected chi connectivity index (χ3v) is 2.76. The minimum absolute atomic E-state index is 0.0125. The van der Waals surface area contributed by atoms with E-state index in [1.807, 2.05) is 12.1 Å². The van der Waals surface area contributed by atoms with Crippen LogP contribution in [-0.4, -0.2) is 11.4 Å². The lowest BCUT2D eigenvalue weighted by atomic mass is 10.2. The summed E-state index contributed by atoms with van der Waals surface area (Å²) < 4.78 is 0.951. The fourth-order valence-corrected chi connectivity index (χ4v) is 1.58. The Bertz CT molecular complexity index is 594. The molecule has 2 aromatic carbocycles. The van der Waals surface area contributed by atoms with Gasteiger partial charge in [0.1, 0.15) is 17.7 Å². The van der Waals surface area contributed by atoms with Crippen molar-refractivity contribution >= 4 is 33.6 Å². The van der Waals surface area contributed by atoms with E-state index in [9.17, 15) is 9.90 Å². The smallest absolute Gasteiger partial charge is 0.150 e. The van der Waals surface area contributed by atoms with Gasteiger partial charge in [0.05, 0.1) is 5.69 Å². The first-order chi connectivity index (χ1) is 8.69. The lowest BCUT2D eigenvalue weighted by molar-refractivity contribution is 0.112. The Morgan fingerprint density at radius 1 is 1.06 bits per heavy atom. The Labute approximate surface area is 112 Å². The van der Waals surface area contributed by atoms with E-state index in [1.165, 1.54) is 18.2 Å². The predicted molar refractivity (Wildman–Crippen MR) is 71.8 cm³/mol. The first kappa shape index (κ1) is 12.4. The summed E-state index contributed by atoms with van der Waals surface area (Å²) in [7, 11) is 0. The third-order valence-electron chi connectivity index (χ3n) is 2.24. The second-order valence-electron chi connectivity index (χ2n) is 3.54. The summed E-state index contributed by atoms with van der Waals surface area (Å²) in [5.41, 5.74) is 1.37.